The van der Waals surface area contributed by atoms with Gasteiger partial charge in [-0.3, -0.25) is 9.72 Å². The molecule has 0 aliphatic heterocycles. The fraction of sp³-hybridized carbons (Fsp3) is 0.0909. The van der Waals surface area contributed by atoms with Crippen LogP contribution >= 0.6 is 11.3 Å². The van der Waals surface area contributed by atoms with Gasteiger partial charge in [-0.1, -0.05) is 6.07 Å². The number of urea groups is 1. The SMILES string of the molecule is O=C(NCc1nnc2ccccn12)Nc1nccs1. The number of hydrogen-bond acceptors (Lipinski definition) is 5. The summed E-state index contributed by atoms with van der Waals surface area (Å²) in [6.07, 6.45) is 3.48. The van der Waals surface area contributed by atoms with E-state index in [-0.39, 0.29) is 6.03 Å². The molecule has 0 saturated carbocycles. The van der Waals surface area contributed by atoms with Crippen LogP contribution in [0.1, 0.15) is 5.82 Å². The Hall–Kier alpha value is -2.48. The van der Waals surface area contributed by atoms with Crippen LogP contribution in [0.15, 0.2) is 36.0 Å². The highest BCUT2D eigenvalue weighted by atomic mass is 32.1. The Labute approximate surface area is 112 Å². The van der Waals surface area contributed by atoms with Gasteiger partial charge >= 0.3 is 6.03 Å². The van der Waals surface area contributed by atoms with Gasteiger partial charge in [0.1, 0.15) is 0 Å². The van der Waals surface area contributed by atoms with Crippen LogP contribution in [0.4, 0.5) is 9.93 Å². The summed E-state index contributed by atoms with van der Waals surface area (Å²) in [7, 11) is 0. The maximum atomic E-state index is 11.6. The zero-order valence-corrected chi connectivity index (χ0v) is 10.6. The summed E-state index contributed by atoms with van der Waals surface area (Å²) in [6, 6.07) is 5.31. The Morgan fingerprint density at radius 3 is 3.16 bits per heavy atom. The van der Waals surface area contributed by atoms with Crippen molar-refractivity contribution in [1.29, 1.82) is 0 Å². The second kappa shape index (κ2) is 5.02. The largest absolute Gasteiger partial charge is 0.330 e. The van der Waals surface area contributed by atoms with Gasteiger partial charge in [-0.25, -0.2) is 9.78 Å². The first-order valence-corrected chi connectivity index (χ1v) is 6.44. The lowest BCUT2D eigenvalue weighted by molar-refractivity contribution is 0.251. The smallest absolute Gasteiger partial charge is 0.321 e. The van der Waals surface area contributed by atoms with Crippen LogP contribution in [-0.2, 0) is 6.54 Å². The highest BCUT2D eigenvalue weighted by Gasteiger charge is 2.07. The fourth-order valence-corrected chi connectivity index (χ4v) is 2.12. The molecule has 2 amide bonds. The van der Waals surface area contributed by atoms with Gasteiger partial charge in [0.15, 0.2) is 16.6 Å². The minimum atomic E-state index is -0.317. The molecular formula is C11H10N6OS. The van der Waals surface area contributed by atoms with E-state index in [1.54, 1.807) is 11.6 Å². The third-order valence-corrected chi connectivity index (χ3v) is 3.13. The van der Waals surface area contributed by atoms with Gasteiger partial charge in [-0.05, 0) is 12.1 Å². The van der Waals surface area contributed by atoms with E-state index >= 15 is 0 Å². The molecule has 0 radical (unpaired) electrons. The van der Waals surface area contributed by atoms with Crippen LogP contribution in [0.25, 0.3) is 5.65 Å². The second-order valence-corrected chi connectivity index (χ2v) is 4.58. The van der Waals surface area contributed by atoms with Crippen LogP contribution in [0.3, 0.4) is 0 Å². The summed E-state index contributed by atoms with van der Waals surface area (Å²) in [5, 5.41) is 15.7. The maximum absolute atomic E-state index is 11.6. The molecule has 0 aliphatic rings. The zero-order chi connectivity index (χ0) is 13.1. The average Bonchev–Trinajstić information content (AvgIpc) is 3.05. The van der Waals surface area contributed by atoms with Gasteiger partial charge in [0, 0.05) is 17.8 Å². The summed E-state index contributed by atoms with van der Waals surface area (Å²) in [6.45, 7) is 0.294. The molecule has 7 nitrogen and oxygen atoms in total. The van der Waals surface area contributed by atoms with E-state index in [1.807, 2.05) is 28.8 Å². The van der Waals surface area contributed by atoms with Crippen LogP contribution in [0, 0.1) is 0 Å². The minimum Gasteiger partial charge on any atom is -0.330 e. The number of rotatable bonds is 3. The highest BCUT2D eigenvalue weighted by molar-refractivity contribution is 7.13. The molecule has 0 aromatic carbocycles. The molecule has 0 unspecified atom stereocenters. The van der Waals surface area contributed by atoms with Crippen LogP contribution in [0.2, 0.25) is 0 Å². The third-order valence-electron chi connectivity index (χ3n) is 2.44. The molecule has 0 aliphatic carbocycles. The molecule has 19 heavy (non-hydrogen) atoms. The lowest BCUT2D eigenvalue weighted by Gasteiger charge is -2.04. The Balaban J connectivity index is 1.64. The lowest BCUT2D eigenvalue weighted by atomic mass is 10.4. The Morgan fingerprint density at radius 2 is 2.32 bits per heavy atom. The normalized spacial score (nSPS) is 10.5. The number of fused-ring (bicyclic) bond motifs is 1. The quantitative estimate of drug-likeness (QED) is 0.758. The van der Waals surface area contributed by atoms with Gasteiger partial charge in [0.05, 0.1) is 6.54 Å². The van der Waals surface area contributed by atoms with Gasteiger partial charge < -0.3 is 5.32 Å². The fourth-order valence-electron chi connectivity index (χ4n) is 1.60. The third kappa shape index (κ3) is 2.52. The van der Waals surface area contributed by atoms with Crippen molar-refractivity contribution in [1.82, 2.24) is 24.9 Å². The van der Waals surface area contributed by atoms with E-state index in [2.05, 4.69) is 25.8 Å². The first-order valence-electron chi connectivity index (χ1n) is 5.56. The van der Waals surface area contributed by atoms with Crippen molar-refractivity contribution < 1.29 is 4.79 Å². The Kier molecular flexibility index (Phi) is 3.07. The van der Waals surface area contributed by atoms with Gasteiger partial charge in [0.2, 0.25) is 0 Å². The molecule has 3 rings (SSSR count). The number of hydrogen-bond donors (Lipinski definition) is 2. The predicted molar refractivity (Wildman–Crippen MR) is 71.0 cm³/mol. The average molecular weight is 274 g/mol. The second-order valence-electron chi connectivity index (χ2n) is 3.69. The topological polar surface area (TPSA) is 84.2 Å². The van der Waals surface area contributed by atoms with E-state index < -0.39 is 0 Å². The van der Waals surface area contributed by atoms with Gasteiger partial charge in [0.25, 0.3) is 0 Å². The summed E-state index contributed by atoms with van der Waals surface area (Å²) in [5.74, 6) is 0.671. The first kappa shape index (κ1) is 11.6. The van der Waals surface area contributed by atoms with Crippen molar-refractivity contribution in [3.05, 3.63) is 41.8 Å². The van der Waals surface area contributed by atoms with Crippen LogP contribution in [0.5, 0.6) is 0 Å². The van der Waals surface area contributed by atoms with Crippen LogP contribution in [-0.4, -0.2) is 25.6 Å². The summed E-state index contributed by atoms with van der Waals surface area (Å²) >= 11 is 1.36. The number of nitrogens with one attached hydrogen (secondary N) is 2. The number of pyridine rings is 1. The van der Waals surface area contributed by atoms with Crippen molar-refractivity contribution in [3.8, 4) is 0 Å². The number of anilines is 1. The number of carbonyl (C=O) groups is 1. The van der Waals surface area contributed by atoms with E-state index in [1.165, 1.54) is 11.3 Å². The van der Waals surface area contributed by atoms with E-state index in [9.17, 15) is 4.79 Å². The maximum Gasteiger partial charge on any atom is 0.321 e. The van der Waals surface area contributed by atoms with Gasteiger partial charge in [-0.2, -0.15) is 0 Å². The van der Waals surface area contributed by atoms with Gasteiger partial charge in [-0.15, -0.1) is 21.5 Å². The van der Waals surface area contributed by atoms with E-state index in [4.69, 9.17) is 0 Å². The zero-order valence-electron chi connectivity index (χ0n) is 9.78. The van der Waals surface area contributed by atoms with Crippen LogP contribution < -0.4 is 10.6 Å². The molecule has 2 N–H and O–H groups in total. The molecule has 3 aromatic rings. The molecule has 0 atom stereocenters. The number of nitrogens with zero attached hydrogens (tertiary/aromatic N) is 4. The van der Waals surface area contributed by atoms with Crippen molar-refractivity contribution in [2.75, 3.05) is 5.32 Å². The number of carbonyl (C=O) groups excluding carboxylic acids is 1. The van der Waals surface area contributed by atoms with Crippen molar-refractivity contribution in [2.24, 2.45) is 0 Å². The molecule has 96 valence electrons. The molecule has 3 aromatic heterocycles. The summed E-state index contributed by atoms with van der Waals surface area (Å²) in [4.78, 5) is 15.6. The monoisotopic (exact) mass is 274 g/mol. The van der Waals surface area contributed by atoms with E-state index in [0.717, 1.165) is 5.65 Å². The number of aromatic nitrogens is 4. The molecule has 3 heterocycles. The molecule has 0 saturated heterocycles. The molecule has 0 fully saturated rings. The molecular weight excluding hydrogens is 264 g/mol. The van der Waals surface area contributed by atoms with Crippen molar-refractivity contribution >= 4 is 28.1 Å². The predicted octanol–water partition coefficient (Wildman–Crippen LogP) is 1.51. The van der Waals surface area contributed by atoms with Crippen molar-refractivity contribution in [3.63, 3.8) is 0 Å². The summed E-state index contributed by atoms with van der Waals surface area (Å²) in [5.41, 5.74) is 0.750. The Morgan fingerprint density at radius 1 is 1.37 bits per heavy atom. The number of thiazole rings is 1. The number of amides is 2. The first-order chi connectivity index (χ1) is 9.33. The highest BCUT2D eigenvalue weighted by Crippen LogP contribution is 2.09. The Bertz CT molecular complexity index is 692. The molecule has 8 heteroatoms. The molecule has 0 spiro atoms. The van der Waals surface area contributed by atoms with E-state index in [0.29, 0.717) is 17.5 Å². The summed E-state index contributed by atoms with van der Waals surface area (Å²) < 4.78 is 1.82. The molecule has 0 bridgehead atoms. The lowest BCUT2D eigenvalue weighted by Crippen LogP contribution is -2.28. The minimum absolute atomic E-state index is 0.294. The standard InChI is InChI=1S/C11H10N6OS/c18-10(14-11-12-4-6-19-11)13-7-9-16-15-8-3-1-2-5-17(8)9/h1-6H,7H2,(H2,12,13,14,18). The van der Waals surface area contributed by atoms with Crippen molar-refractivity contribution in [2.45, 2.75) is 6.54 Å².